The molecule has 0 aromatic heterocycles. The molecular weight excluding hydrogens is 506 g/mol. The third kappa shape index (κ3) is 9.24. The van der Waals surface area contributed by atoms with E-state index in [1.54, 1.807) is 29.2 Å². The summed E-state index contributed by atoms with van der Waals surface area (Å²) < 4.78 is 0. The fraction of sp³-hybridized carbons (Fsp3) is 0.529. The zero-order valence-electron chi connectivity index (χ0n) is 23.9. The molecule has 0 radical (unpaired) electrons. The summed E-state index contributed by atoms with van der Waals surface area (Å²) in [7, 11) is 0. The van der Waals surface area contributed by atoms with Gasteiger partial charge in [0.25, 0.3) is 11.7 Å². The highest BCUT2D eigenvalue weighted by Crippen LogP contribution is 2.40. The summed E-state index contributed by atoms with van der Waals surface area (Å²) in [5, 5.41) is 11.7. The lowest BCUT2D eigenvalue weighted by Gasteiger charge is -2.25. The molecule has 3 rings (SSSR count). The van der Waals surface area contributed by atoms with Gasteiger partial charge in [0.1, 0.15) is 5.76 Å². The normalized spacial score (nSPS) is 16.8. The molecule has 1 aliphatic heterocycles. The standard InChI is InChI=1S/C34H46ClNO3/c1-3-4-5-6-7-8-9-10-11-12-13-14-15-16-25-36-31(27-21-23-29(35)24-22-27)30(33(38)34(36)39)32(37)28-19-17-26(2)18-20-28/h17-24,31,37H,3-16,25H2,1-2H3/b32-30+. The number of nitrogens with zero attached hydrogens (tertiary/aromatic N) is 1. The van der Waals surface area contributed by atoms with E-state index in [0.29, 0.717) is 17.1 Å². The zero-order valence-corrected chi connectivity index (χ0v) is 24.6. The van der Waals surface area contributed by atoms with Gasteiger partial charge in [-0.15, -0.1) is 0 Å². The number of halogens is 1. The van der Waals surface area contributed by atoms with E-state index in [0.717, 1.165) is 30.4 Å². The maximum absolute atomic E-state index is 13.2. The third-order valence-electron chi connectivity index (χ3n) is 7.80. The van der Waals surface area contributed by atoms with Crippen LogP contribution in [0.5, 0.6) is 0 Å². The van der Waals surface area contributed by atoms with E-state index in [1.165, 1.54) is 70.6 Å². The summed E-state index contributed by atoms with van der Waals surface area (Å²) in [5.74, 6) is -1.30. The van der Waals surface area contributed by atoms with Crippen molar-refractivity contribution in [2.75, 3.05) is 6.54 Å². The molecule has 4 nitrogen and oxygen atoms in total. The number of likely N-dealkylation sites (tertiary alicyclic amines) is 1. The number of hydrogen-bond donors (Lipinski definition) is 1. The minimum Gasteiger partial charge on any atom is -0.507 e. The predicted octanol–water partition coefficient (Wildman–Crippen LogP) is 9.55. The first-order valence-corrected chi connectivity index (χ1v) is 15.4. The highest BCUT2D eigenvalue weighted by molar-refractivity contribution is 6.46. The maximum atomic E-state index is 13.2. The van der Waals surface area contributed by atoms with Crippen molar-refractivity contribution in [3.05, 3.63) is 75.8 Å². The molecule has 1 aliphatic rings. The van der Waals surface area contributed by atoms with Crippen molar-refractivity contribution in [2.24, 2.45) is 0 Å². The van der Waals surface area contributed by atoms with Crippen LogP contribution in [0.3, 0.4) is 0 Å². The molecule has 0 saturated carbocycles. The first kappa shape index (κ1) is 30.9. The van der Waals surface area contributed by atoms with Gasteiger partial charge >= 0.3 is 0 Å². The molecule has 2 aromatic rings. The van der Waals surface area contributed by atoms with Crippen LogP contribution >= 0.6 is 11.6 Å². The minimum atomic E-state index is -0.626. The van der Waals surface area contributed by atoms with Crippen LogP contribution in [0.1, 0.15) is 120 Å². The van der Waals surface area contributed by atoms with Gasteiger partial charge in [-0.25, -0.2) is 0 Å². The van der Waals surface area contributed by atoms with Gasteiger partial charge in [0.15, 0.2) is 0 Å². The van der Waals surface area contributed by atoms with Gasteiger partial charge in [-0.3, -0.25) is 9.59 Å². The number of rotatable bonds is 17. The first-order chi connectivity index (χ1) is 18.9. The molecule has 1 saturated heterocycles. The Labute approximate surface area is 240 Å². The van der Waals surface area contributed by atoms with E-state index in [1.807, 2.05) is 31.2 Å². The Morgan fingerprint density at radius 1 is 0.744 bits per heavy atom. The van der Waals surface area contributed by atoms with Crippen LogP contribution in [0.2, 0.25) is 5.02 Å². The molecule has 5 heteroatoms. The number of ketones is 1. The number of aliphatic hydroxyl groups is 1. The van der Waals surface area contributed by atoms with Gasteiger partial charge in [-0.05, 0) is 31.0 Å². The summed E-state index contributed by atoms with van der Waals surface area (Å²) in [5.41, 5.74) is 2.52. The summed E-state index contributed by atoms with van der Waals surface area (Å²) in [6.07, 6.45) is 17.7. The number of unbranched alkanes of at least 4 members (excludes halogenated alkanes) is 13. The summed E-state index contributed by atoms with van der Waals surface area (Å²) in [6, 6.07) is 13.9. The molecular formula is C34H46ClNO3. The van der Waals surface area contributed by atoms with Crippen LogP contribution in [0, 0.1) is 6.92 Å². The Balaban J connectivity index is 1.52. The van der Waals surface area contributed by atoms with Crippen molar-refractivity contribution in [2.45, 2.75) is 110 Å². The summed E-state index contributed by atoms with van der Waals surface area (Å²) >= 11 is 6.12. The highest BCUT2D eigenvalue weighted by atomic mass is 35.5. The SMILES string of the molecule is CCCCCCCCCCCCCCCCN1C(=O)C(=O)/C(=C(/O)c2ccc(C)cc2)C1c1ccc(Cl)cc1. The number of hydrogen-bond acceptors (Lipinski definition) is 3. The van der Waals surface area contributed by atoms with Crippen molar-refractivity contribution < 1.29 is 14.7 Å². The average Bonchev–Trinajstić information content (AvgIpc) is 3.18. The predicted molar refractivity (Wildman–Crippen MR) is 162 cm³/mol. The molecule has 1 amide bonds. The van der Waals surface area contributed by atoms with Gasteiger partial charge in [-0.1, -0.05) is 144 Å². The number of Topliss-reactive ketones (excluding diaryl/α,β-unsaturated/α-hetero) is 1. The molecule has 2 aromatic carbocycles. The van der Waals surface area contributed by atoms with Crippen molar-refractivity contribution in [3.63, 3.8) is 0 Å². The molecule has 1 N–H and O–H groups in total. The quantitative estimate of drug-likeness (QED) is 0.0921. The Bertz CT molecular complexity index is 1070. The summed E-state index contributed by atoms with van der Waals surface area (Å²) in [4.78, 5) is 27.9. The van der Waals surface area contributed by atoms with Gasteiger partial charge < -0.3 is 10.0 Å². The lowest BCUT2D eigenvalue weighted by molar-refractivity contribution is -0.139. The highest BCUT2D eigenvalue weighted by Gasteiger charge is 2.45. The van der Waals surface area contributed by atoms with Crippen LogP contribution in [-0.4, -0.2) is 28.2 Å². The second-order valence-corrected chi connectivity index (χ2v) is 11.4. The van der Waals surface area contributed by atoms with Crippen LogP contribution in [0.25, 0.3) is 5.76 Å². The maximum Gasteiger partial charge on any atom is 0.295 e. The van der Waals surface area contributed by atoms with E-state index in [-0.39, 0.29) is 11.3 Å². The smallest absolute Gasteiger partial charge is 0.295 e. The lowest BCUT2D eigenvalue weighted by atomic mass is 9.95. The minimum absolute atomic E-state index is 0.128. The lowest BCUT2D eigenvalue weighted by Crippen LogP contribution is -2.30. The first-order valence-electron chi connectivity index (χ1n) is 15.0. The number of amides is 1. The molecule has 0 bridgehead atoms. The Kier molecular flexibility index (Phi) is 13.1. The number of benzene rings is 2. The monoisotopic (exact) mass is 551 g/mol. The Hall–Kier alpha value is -2.59. The van der Waals surface area contributed by atoms with Crippen molar-refractivity contribution >= 4 is 29.1 Å². The second kappa shape index (κ2) is 16.5. The fourth-order valence-corrected chi connectivity index (χ4v) is 5.57. The molecule has 212 valence electrons. The van der Waals surface area contributed by atoms with E-state index in [4.69, 9.17) is 11.6 Å². The molecule has 0 spiro atoms. The molecule has 1 unspecified atom stereocenters. The van der Waals surface area contributed by atoms with Crippen LogP contribution in [-0.2, 0) is 9.59 Å². The number of aliphatic hydroxyl groups excluding tert-OH is 1. The average molecular weight is 552 g/mol. The van der Waals surface area contributed by atoms with Crippen molar-refractivity contribution in [1.29, 1.82) is 0 Å². The molecule has 39 heavy (non-hydrogen) atoms. The topological polar surface area (TPSA) is 57.6 Å². The molecule has 1 fully saturated rings. The molecule has 0 aliphatic carbocycles. The van der Waals surface area contributed by atoms with Crippen molar-refractivity contribution in [3.8, 4) is 0 Å². The van der Waals surface area contributed by atoms with Crippen molar-refractivity contribution in [1.82, 2.24) is 4.90 Å². The largest absolute Gasteiger partial charge is 0.507 e. The van der Waals surface area contributed by atoms with Gasteiger partial charge in [-0.2, -0.15) is 0 Å². The summed E-state index contributed by atoms with van der Waals surface area (Å²) in [6.45, 7) is 4.71. The van der Waals surface area contributed by atoms with Crippen LogP contribution < -0.4 is 0 Å². The zero-order chi connectivity index (χ0) is 28.0. The van der Waals surface area contributed by atoms with Gasteiger partial charge in [0.2, 0.25) is 0 Å². The Morgan fingerprint density at radius 3 is 1.74 bits per heavy atom. The third-order valence-corrected chi connectivity index (χ3v) is 8.06. The van der Waals surface area contributed by atoms with Crippen LogP contribution in [0.15, 0.2) is 54.1 Å². The molecule has 1 heterocycles. The number of aryl methyl sites for hydroxylation is 1. The van der Waals surface area contributed by atoms with E-state index in [2.05, 4.69) is 6.92 Å². The number of carbonyl (C=O) groups excluding carboxylic acids is 2. The second-order valence-electron chi connectivity index (χ2n) is 11.0. The van der Waals surface area contributed by atoms with E-state index >= 15 is 0 Å². The van der Waals surface area contributed by atoms with Gasteiger partial charge in [0, 0.05) is 17.1 Å². The fourth-order valence-electron chi connectivity index (χ4n) is 5.45. The van der Waals surface area contributed by atoms with E-state index < -0.39 is 17.7 Å². The molecule has 1 atom stereocenters. The van der Waals surface area contributed by atoms with Gasteiger partial charge in [0.05, 0.1) is 11.6 Å². The Morgan fingerprint density at radius 2 is 1.23 bits per heavy atom. The van der Waals surface area contributed by atoms with E-state index in [9.17, 15) is 14.7 Å². The number of carbonyl (C=O) groups is 2. The van der Waals surface area contributed by atoms with Crippen LogP contribution in [0.4, 0.5) is 0 Å².